The Bertz CT molecular complexity index is 475. The van der Waals surface area contributed by atoms with Gasteiger partial charge in [-0.1, -0.05) is 19.3 Å². The minimum absolute atomic E-state index is 0.461. The number of rotatable bonds is 1. The molecule has 0 atom stereocenters. The van der Waals surface area contributed by atoms with Crippen LogP contribution in [-0.4, -0.2) is 23.1 Å². The summed E-state index contributed by atoms with van der Waals surface area (Å²) >= 11 is 0. The molecule has 1 aromatic heterocycles. The van der Waals surface area contributed by atoms with Crippen LogP contribution in [0.15, 0.2) is 12.3 Å². The number of nitrogens with zero attached hydrogens (tertiary/aromatic N) is 4. The molecule has 2 heterocycles. The summed E-state index contributed by atoms with van der Waals surface area (Å²) in [6.07, 6.45) is 11.2. The van der Waals surface area contributed by atoms with E-state index in [4.69, 9.17) is 5.26 Å². The van der Waals surface area contributed by atoms with Gasteiger partial charge in [-0.25, -0.2) is 9.97 Å². The summed E-state index contributed by atoms with van der Waals surface area (Å²) in [4.78, 5) is 10.8. The lowest BCUT2D eigenvalue weighted by atomic mass is 9.68. The third-order valence-electron chi connectivity index (χ3n) is 4.78. The maximum absolute atomic E-state index is 8.90. The minimum Gasteiger partial charge on any atom is -0.341 e. The highest BCUT2D eigenvalue weighted by atomic mass is 15.3. The molecule has 0 bridgehead atoms. The fourth-order valence-corrected chi connectivity index (χ4v) is 3.55. The van der Waals surface area contributed by atoms with Gasteiger partial charge in [0.2, 0.25) is 5.95 Å². The Hall–Kier alpha value is -1.63. The van der Waals surface area contributed by atoms with Gasteiger partial charge in [-0.05, 0) is 37.2 Å². The second-order valence-corrected chi connectivity index (χ2v) is 5.90. The molecule has 2 aliphatic rings. The van der Waals surface area contributed by atoms with Crippen molar-refractivity contribution in [1.82, 2.24) is 9.97 Å². The van der Waals surface area contributed by atoms with E-state index in [1.54, 1.807) is 12.3 Å². The van der Waals surface area contributed by atoms with Crippen molar-refractivity contribution in [3.63, 3.8) is 0 Å². The fourth-order valence-electron chi connectivity index (χ4n) is 3.55. The molecule has 0 N–H and O–H groups in total. The number of anilines is 1. The molecule has 1 spiro atoms. The highest BCUT2D eigenvalue weighted by Gasteiger charge is 2.35. The monoisotopic (exact) mass is 256 g/mol. The van der Waals surface area contributed by atoms with Gasteiger partial charge in [-0.15, -0.1) is 0 Å². The molecule has 100 valence electrons. The van der Waals surface area contributed by atoms with Crippen LogP contribution in [0.4, 0.5) is 5.95 Å². The summed E-state index contributed by atoms with van der Waals surface area (Å²) in [6.45, 7) is 2.07. The molecule has 1 saturated carbocycles. The summed E-state index contributed by atoms with van der Waals surface area (Å²) in [5.74, 6) is 0.727. The van der Waals surface area contributed by atoms with Crippen molar-refractivity contribution in [1.29, 1.82) is 5.26 Å². The molecule has 0 radical (unpaired) electrons. The zero-order chi connectivity index (χ0) is 13.1. The Kier molecular flexibility index (Phi) is 3.37. The van der Waals surface area contributed by atoms with E-state index in [2.05, 4.69) is 20.9 Å². The number of hydrogen-bond acceptors (Lipinski definition) is 4. The summed E-state index contributed by atoms with van der Waals surface area (Å²) in [7, 11) is 0. The second-order valence-electron chi connectivity index (χ2n) is 5.90. The third kappa shape index (κ3) is 2.56. The molecule has 4 nitrogen and oxygen atoms in total. The normalized spacial score (nSPS) is 22.2. The molecule has 1 saturated heterocycles. The van der Waals surface area contributed by atoms with Crippen LogP contribution >= 0.6 is 0 Å². The predicted molar refractivity (Wildman–Crippen MR) is 73.7 cm³/mol. The third-order valence-corrected chi connectivity index (χ3v) is 4.78. The first kappa shape index (κ1) is 12.4. The summed E-state index contributed by atoms with van der Waals surface area (Å²) in [6, 6.07) is 3.75. The van der Waals surface area contributed by atoms with Crippen molar-refractivity contribution in [2.45, 2.75) is 44.9 Å². The van der Waals surface area contributed by atoms with Crippen molar-refractivity contribution >= 4 is 5.95 Å². The topological polar surface area (TPSA) is 52.8 Å². The van der Waals surface area contributed by atoms with Crippen LogP contribution in [0.25, 0.3) is 0 Å². The lowest BCUT2D eigenvalue weighted by Crippen LogP contribution is -2.41. The van der Waals surface area contributed by atoms with Gasteiger partial charge in [-0.2, -0.15) is 5.26 Å². The van der Waals surface area contributed by atoms with E-state index in [9.17, 15) is 0 Å². The molecule has 3 rings (SSSR count). The average Bonchev–Trinajstić information content (AvgIpc) is 2.49. The molecule has 2 fully saturated rings. The zero-order valence-corrected chi connectivity index (χ0v) is 11.3. The maximum Gasteiger partial charge on any atom is 0.226 e. The summed E-state index contributed by atoms with van der Waals surface area (Å²) in [5.41, 5.74) is 1.06. The molecule has 0 unspecified atom stereocenters. The van der Waals surface area contributed by atoms with Crippen molar-refractivity contribution in [2.75, 3.05) is 18.0 Å². The van der Waals surface area contributed by atoms with E-state index in [1.807, 2.05) is 0 Å². The standard InChI is InChI=1S/C15H20N4/c16-12-13-4-9-17-14(18-13)19-10-7-15(8-11-19)5-2-1-3-6-15/h4,9H,1-3,5-8,10-11H2. The minimum atomic E-state index is 0.461. The molecule has 4 heteroatoms. The van der Waals surface area contributed by atoms with Gasteiger partial charge < -0.3 is 4.90 Å². The van der Waals surface area contributed by atoms with Crippen LogP contribution in [-0.2, 0) is 0 Å². The lowest BCUT2D eigenvalue weighted by Gasteiger charge is -2.44. The van der Waals surface area contributed by atoms with E-state index >= 15 is 0 Å². The Labute approximate surface area is 114 Å². The Morgan fingerprint density at radius 1 is 1.11 bits per heavy atom. The average molecular weight is 256 g/mol. The maximum atomic E-state index is 8.90. The second kappa shape index (κ2) is 5.16. The first-order valence-corrected chi connectivity index (χ1v) is 7.29. The van der Waals surface area contributed by atoms with E-state index in [-0.39, 0.29) is 0 Å². The predicted octanol–water partition coefficient (Wildman–Crippen LogP) is 2.90. The summed E-state index contributed by atoms with van der Waals surface area (Å²) < 4.78 is 0. The number of hydrogen-bond donors (Lipinski definition) is 0. The first-order chi connectivity index (χ1) is 9.31. The zero-order valence-electron chi connectivity index (χ0n) is 11.3. The Balaban J connectivity index is 1.68. The number of aromatic nitrogens is 2. The van der Waals surface area contributed by atoms with Gasteiger partial charge in [0.15, 0.2) is 0 Å². The van der Waals surface area contributed by atoms with Crippen molar-refractivity contribution in [2.24, 2.45) is 5.41 Å². The SMILES string of the molecule is N#Cc1ccnc(N2CCC3(CCCCC3)CC2)n1. The van der Waals surface area contributed by atoms with E-state index in [0.717, 1.165) is 19.0 Å². The van der Waals surface area contributed by atoms with Gasteiger partial charge in [0.25, 0.3) is 0 Å². The van der Waals surface area contributed by atoms with E-state index in [1.165, 1.54) is 44.9 Å². The van der Waals surface area contributed by atoms with E-state index < -0.39 is 0 Å². The molecule has 1 aromatic rings. The molecule has 1 aliphatic heterocycles. The Morgan fingerprint density at radius 3 is 2.53 bits per heavy atom. The van der Waals surface area contributed by atoms with Crippen LogP contribution in [0.5, 0.6) is 0 Å². The molecule has 19 heavy (non-hydrogen) atoms. The quantitative estimate of drug-likeness (QED) is 0.775. The van der Waals surface area contributed by atoms with Gasteiger partial charge in [0, 0.05) is 19.3 Å². The van der Waals surface area contributed by atoms with Crippen LogP contribution in [0.3, 0.4) is 0 Å². The van der Waals surface area contributed by atoms with Crippen molar-refractivity contribution in [3.05, 3.63) is 18.0 Å². The highest BCUT2D eigenvalue weighted by molar-refractivity contribution is 5.34. The lowest BCUT2D eigenvalue weighted by molar-refractivity contribution is 0.144. The Morgan fingerprint density at radius 2 is 1.84 bits per heavy atom. The molecule has 0 aromatic carbocycles. The van der Waals surface area contributed by atoms with Crippen LogP contribution in [0.2, 0.25) is 0 Å². The molecular formula is C15H20N4. The van der Waals surface area contributed by atoms with Gasteiger partial charge in [0.1, 0.15) is 11.8 Å². The highest BCUT2D eigenvalue weighted by Crippen LogP contribution is 2.44. The molecule has 1 aliphatic carbocycles. The smallest absolute Gasteiger partial charge is 0.226 e. The van der Waals surface area contributed by atoms with Crippen LogP contribution < -0.4 is 4.90 Å². The van der Waals surface area contributed by atoms with Crippen LogP contribution in [0.1, 0.15) is 50.6 Å². The largest absolute Gasteiger partial charge is 0.341 e. The van der Waals surface area contributed by atoms with Gasteiger partial charge >= 0.3 is 0 Å². The first-order valence-electron chi connectivity index (χ1n) is 7.29. The van der Waals surface area contributed by atoms with Gasteiger partial charge in [-0.3, -0.25) is 0 Å². The number of piperidine rings is 1. The fraction of sp³-hybridized carbons (Fsp3) is 0.667. The van der Waals surface area contributed by atoms with Gasteiger partial charge in [0.05, 0.1) is 0 Å². The van der Waals surface area contributed by atoms with Crippen molar-refractivity contribution in [3.8, 4) is 6.07 Å². The number of nitriles is 1. The molecular weight excluding hydrogens is 236 g/mol. The van der Waals surface area contributed by atoms with Crippen LogP contribution in [0, 0.1) is 16.7 Å². The van der Waals surface area contributed by atoms with E-state index in [0.29, 0.717) is 11.1 Å². The van der Waals surface area contributed by atoms with Crippen molar-refractivity contribution < 1.29 is 0 Å². The summed E-state index contributed by atoms with van der Waals surface area (Å²) in [5, 5.41) is 8.90. The molecule has 0 amide bonds.